The van der Waals surface area contributed by atoms with Crippen molar-refractivity contribution in [3.8, 4) is 10.4 Å². The van der Waals surface area contributed by atoms with Crippen LogP contribution < -0.4 is 5.32 Å². The lowest BCUT2D eigenvalue weighted by atomic mass is 10.1. The molecule has 1 aromatic heterocycles. The Balaban J connectivity index is 2.26. The van der Waals surface area contributed by atoms with E-state index >= 15 is 0 Å². The summed E-state index contributed by atoms with van der Waals surface area (Å²) in [6.45, 7) is 3.97. The maximum absolute atomic E-state index is 12.0. The van der Waals surface area contributed by atoms with Gasteiger partial charge < -0.3 is 5.32 Å². The van der Waals surface area contributed by atoms with Gasteiger partial charge in [-0.3, -0.25) is 4.79 Å². The first-order chi connectivity index (χ1) is 8.72. The molecule has 3 heteroatoms. The van der Waals surface area contributed by atoms with Gasteiger partial charge in [0.2, 0.25) is 5.91 Å². The SMILES string of the molecule is CCC(C)C(=O)Nc1ccccc1-c1cccs1. The van der Waals surface area contributed by atoms with Crippen molar-refractivity contribution in [2.75, 3.05) is 5.32 Å². The number of nitrogens with one attached hydrogen (secondary N) is 1. The van der Waals surface area contributed by atoms with Crippen LogP contribution in [0.25, 0.3) is 10.4 Å². The van der Waals surface area contributed by atoms with Gasteiger partial charge in [-0.1, -0.05) is 38.1 Å². The molecule has 94 valence electrons. The van der Waals surface area contributed by atoms with E-state index in [4.69, 9.17) is 0 Å². The van der Waals surface area contributed by atoms with Gasteiger partial charge in [-0.15, -0.1) is 11.3 Å². The molecule has 2 aromatic rings. The molecule has 18 heavy (non-hydrogen) atoms. The van der Waals surface area contributed by atoms with Crippen molar-refractivity contribution in [1.29, 1.82) is 0 Å². The van der Waals surface area contributed by atoms with E-state index in [0.29, 0.717) is 0 Å². The Bertz CT molecular complexity index is 519. The van der Waals surface area contributed by atoms with Crippen LogP contribution in [0.4, 0.5) is 5.69 Å². The Kier molecular flexibility index (Phi) is 4.15. The fourth-order valence-electron chi connectivity index (χ4n) is 1.68. The largest absolute Gasteiger partial charge is 0.325 e. The van der Waals surface area contributed by atoms with Crippen LogP contribution >= 0.6 is 11.3 Å². The Morgan fingerprint density at radius 2 is 2.06 bits per heavy atom. The highest BCUT2D eigenvalue weighted by Gasteiger charge is 2.13. The number of hydrogen-bond acceptors (Lipinski definition) is 2. The number of thiophene rings is 1. The number of carbonyl (C=O) groups excluding carboxylic acids is 1. The summed E-state index contributed by atoms with van der Waals surface area (Å²) >= 11 is 1.68. The third-order valence-corrected chi connectivity index (χ3v) is 3.93. The second-order valence-corrected chi connectivity index (χ2v) is 5.27. The highest BCUT2D eigenvalue weighted by molar-refractivity contribution is 7.13. The van der Waals surface area contributed by atoms with E-state index in [1.54, 1.807) is 11.3 Å². The predicted octanol–water partition coefficient (Wildman–Crippen LogP) is 4.40. The van der Waals surface area contributed by atoms with E-state index in [9.17, 15) is 4.79 Å². The summed E-state index contributed by atoms with van der Waals surface area (Å²) in [5, 5.41) is 5.06. The standard InChI is InChI=1S/C15H17NOS/c1-3-11(2)15(17)16-13-8-5-4-7-12(13)14-9-6-10-18-14/h4-11H,3H2,1-2H3,(H,16,17). The minimum Gasteiger partial charge on any atom is -0.325 e. The fraction of sp³-hybridized carbons (Fsp3) is 0.267. The summed E-state index contributed by atoms with van der Waals surface area (Å²) < 4.78 is 0. The summed E-state index contributed by atoms with van der Waals surface area (Å²) in [7, 11) is 0. The van der Waals surface area contributed by atoms with Crippen molar-refractivity contribution < 1.29 is 4.79 Å². The molecule has 1 atom stereocenters. The topological polar surface area (TPSA) is 29.1 Å². The first kappa shape index (κ1) is 12.8. The van der Waals surface area contributed by atoms with Gasteiger partial charge in [0, 0.05) is 22.0 Å². The number of benzene rings is 1. The monoisotopic (exact) mass is 259 g/mol. The number of anilines is 1. The van der Waals surface area contributed by atoms with Gasteiger partial charge in [0.1, 0.15) is 0 Å². The molecular weight excluding hydrogens is 242 g/mol. The third-order valence-electron chi connectivity index (χ3n) is 3.03. The quantitative estimate of drug-likeness (QED) is 0.866. The molecular formula is C15H17NOS. The van der Waals surface area contributed by atoms with Crippen LogP contribution in [0.5, 0.6) is 0 Å². The molecule has 2 nitrogen and oxygen atoms in total. The Hall–Kier alpha value is -1.61. The van der Waals surface area contributed by atoms with Crippen molar-refractivity contribution in [2.45, 2.75) is 20.3 Å². The number of carbonyl (C=O) groups is 1. The maximum Gasteiger partial charge on any atom is 0.227 e. The molecule has 1 aromatic carbocycles. The van der Waals surface area contributed by atoms with E-state index in [2.05, 4.69) is 11.4 Å². The zero-order chi connectivity index (χ0) is 13.0. The van der Waals surface area contributed by atoms with Crippen LogP contribution in [0.2, 0.25) is 0 Å². The van der Waals surface area contributed by atoms with Crippen LogP contribution in [-0.4, -0.2) is 5.91 Å². The first-order valence-corrected chi connectivity index (χ1v) is 7.04. The molecule has 0 radical (unpaired) electrons. The van der Waals surface area contributed by atoms with Crippen molar-refractivity contribution in [2.24, 2.45) is 5.92 Å². The first-order valence-electron chi connectivity index (χ1n) is 6.16. The second kappa shape index (κ2) is 5.83. The molecule has 1 amide bonds. The van der Waals surface area contributed by atoms with E-state index in [1.165, 1.54) is 4.88 Å². The van der Waals surface area contributed by atoms with Crippen LogP contribution in [0.1, 0.15) is 20.3 Å². The number of para-hydroxylation sites is 1. The highest BCUT2D eigenvalue weighted by Crippen LogP contribution is 2.31. The summed E-state index contributed by atoms with van der Waals surface area (Å²) in [5.74, 6) is 0.128. The van der Waals surface area contributed by atoms with Crippen molar-refractivity contribution >= 4 is 22.9 Å². The van der Waals surface area contributed by atoms with E-state index in [0.717, 1.165) is 17.7 Å². The van der Waals surface area contributed by atoms with Crippen LogP contribution in [0.3, 0.4) is 0 Å². The number of amides is 1. The average molecular weight is 259 g/mol. The van der Waals surface area contributed by atoms with E-state index in [-0.39, 0.29) is 11.8 Å². The van der Waals surface area contributed by atoms with Crippen molar-refractivity contribution in [1.82, 2.24) is 0 Å². The molecule has 0 saturated heterocycles. The molecule has 0 spiro atoms. The molecule has 2 rings (SSSR count). The summed E-state index contributed by atoms with van der Waals surface area (Å²) in [5.41, 5.74) is 1.98. The number of hydrogen-bond donors (Lipinski definition) is 1. The van der Waals surface area contributed by atoms with Crippen LogP contribution in [0.15, 0.2) is 41.8 Å². The van der Waals surface area contributed by atoms with E-state index in [1.807, 2.05) is 49.6 Å². The van der Waals surface area contributed by atoms with Gasteiger partial charge in [0.05, 0.1) is 0 Å². The molecule has 1 heterocycles. The smallest absolute Gasteiger partial charge is 0.227 e. The van der Waals surface area contributed by atoms with Gasteiger partial charge in [-0.2, -0.15) is 0 Å². The van der Waals surface area contributed by atoms with E-state index < -0.39 is 0 Å². The van der Waals surface area contributed by atoms with Gasteiger partial charge in [-0.25, -0.2) is 0 Å². The zero-order valence-electron chi connectivity index (χ0n) is 10.6. The van der Waals surface area contributed by atoms with Crippen LogP contribution in [-0.2, 0) is 4.79 Å². The Morgan fingerprint density at radius 3 is 2.72 bits per heavy atom. The fourth-order valence-corrected chi connectivity index (χ4v) is 2.45. The van der Waals surface area contributed by atoms with Crippen molar-refractivity contribution in [3.63, 3.8) is 0 Å². The second-order valence-electron chi connectivity index (χ2n) is 4.32. The Labute approximate surface area is 112 Å². The lowest BCUT2D eigenvalue weighted by Crippen LogP contribution is -2.19. The molecule has 0 aliphatic heterocycles. The lowest BCUT2D eigenvalue weighted by molar-refractivity contribution is -0.119. The predicted molar refractivity (Wildman–Crippen MR) is 77.8 cm³/mol. The zero-order valence-corrected chi connectivity index (χ0v) is 11.5. The molecule has 0 aliphatic rings. The molecule has 1 N–H and O–H groups in total. The summed E-state index contributed by atoms with van der Waals surface area (Å²) in [4.78, 5) is 13.1. The minimum atomic E-state index is 0.0430. The normalized spacial score (nSPS) is 12.1. The average Bonchev–Trinajstić information content (AvgIpc) is 2.92. The summed E-state index contributed by atoms with van der Waals surface area (Å²) in [6.07, 6.45) is 0.854. The van der Waals surface area contributed by atoms with Gasteiger partial charge in [-0.05, 0) is 23.9 Å². The van der Waals surface area contributed by atoms with Gasteiger partial charge >= 0.3 is 0 Å². The molecule has 0 fully saturated rings. The van der Waals surface area contributed by atoms with Crippen LogP contribution in [0, 0.1) is 5.92 Å². The third kappa shape index (κ3) is 2.79. The molecule has 0 aliphatic carbocycles. The van der Waals surface area contributed by atoms with Crippen molar-refractivity contribution in [3.05, 3.63) is 41.8 Å². The van der Waals surface area contributed by atoms with Gasteiger partial charge in [0.15, 0.2) is 0 Å². The lowest BCUT2D eigenvalue weighted by Gasteiger charge is -2.13. The summed E-state index contributed by atoms with van der Waals surface area (Å²) in [6, 6.07) is 12.0. The molecule has 1 unspecified atom stereocenters. The Morgan fingerprint density at radius 1 is 1.28 bits per heavy atom. The molecule has 0 saturated carbocycles. The molecule has 0 bridgehead atoms. The maximum atomic E-state index is 12.0. The van der Waals surface area contributed by atoms with Gasteiger partial charge in [0.25, 0.3) is 0 Å². The highest BCUT2D eigenvalue weighted by atomic mass is 32.1. The number of rotatable bonds is 4. The minimum absolute atomic E-state index is 0.0430.